The third-order valence-corrected chi connectivity index (χ3v) is 4.98. The van der Waals surface area contributed by atoms with Crippen LogP contribution in [0, 0.1) is 0 Å². The molecular formula is C14H20O3S. The van der Waals surface area contributed by atoms with Gasteiger partial charge in [-0.2, -0.15) is 0 Å². The highest BCUT2D eigenvalue weighted by molar-refractivity contribution is 7.91. The molecule has 1 unspecified atom stereocenters. The van der Waals surface area contributed by atoms with Crippen LogP contribution in [-0.4, -0.2) is 20.0 Å². The van der Waals surface area contributed by atoms with Gasteiger partial charge in [0, 0.05) is 12.3 Å². The first-order valence-corrected chi connectivity index (χ1v) is 7.93. The summed E-state index contributed by atoms with van der Waals surface area (Å²) in [6.07, 6.45) is 1.10. The lowest BCUT2D eigenvalue weighted by Crippen LogP contribution is -2.09. The van der Waals surface area contributed by atoms with E-state index >= 15 is 0 Å². The van der Waals surface area contributed by atoms with Crippen LogP contribution in [0.4, 0.5) is 0 Å². The molecule has 0 bridgehead atoms. The van der Waals surface area contributed by atoms with Crippen LogP contribution >= 0.6 is 0 Å². The van der Waals surface area contributed by atoms with Gasteiger partial charge in [0.05, 0.1) is 10.6 Å². The van der Waals surface area contributed by atoms with Gasteiger partial charge in [0.15, 0.2) is 9.84 Å². The summed E-state index contributed by atoms with van der Waals surface area (Å²) in [5.74, 6) is 0.160. The van der Waals surface area contributed by atoms with Gasteiger partial charge in [-0.1, -0.05) is 32.9 Å². The minimum atomic E-state index is -3.16. The molecule has 1 rings (SSSR count). The van der Waals surface area contributed by atoms with Crippen molar-refractivity contribution in [3.05, 3.63) is 29.8 Å². The number of sulfone groups is 1. The van der Waals surface area contributed by atoms with E-state index in [1.165, 1.54) is 0 Å². The summed E-state index contributed by atoms with van der Waals surface area (Å²) in [5.41, 5.74) is 0.872. The molecule has 0 aliphatic carbocycles. The molecule has 1 aromatic rings. The van der Waals surface area contributed by atoms with E-state index in [0.29, 0.717) is 17.7 Å². The predicted molar refractivity (Wildman–Crippen MR) is 72.5 cm³/mol. The number of ketones is 1. The van der Waals surface area contributed by atoms with Gasteiger partial charge in [-0.15, -0.1) is 0 Å². The van der Waals surface area contributed by atoms with E-state index in [4.69, 9.17) is 0 Å². The van der Waals surface area contributed by atoms with Crippen molar-refractivity contribution < 1.29 is 13.2 Å². The molecule has 0 saturated heterocycles. The quantitative estimate of drug-likeness (QED) is 0.797. The van der Waals surface area contributed by atoms with Crippen LogP contribution < -0.4 is 0 Å². The zero-order chi connectivity index (χ0) is 13.8. The smallest absolute Gasteiger partial charge is 0.178 e. The van der Waals surface area contributed by atoms with Gasteiger partial charge in [0.25, 0.3) is 0 Å². The molecule has 0 aliphatic heterocycles. The number of carbonyl (C=O) groups is 1. The first-order valence-electron chi connectivity index (χ1n) is 6.27. The Bertz CT molecular complexity index is 500. The summed E-state index contributed by atoms with van der Waals surface area (Å²) in [4.78, 5) is 11.9. The Morgan fingerprint density at radius 3 is 2.17 bits per heavy atom. The zero-order valence-corrected chi connectivity index (χ0v) is 12.0. The monoisotopic (exact) mass is 268 g/mol. The fourth-order valence-electron chi connectivity index (χ4n) is 1.84. The number of rotatable bonds is 6. The van der Waals surface area contributed by atoms with E-state index in [2.05, 4.69) is 0 Å². The van der Waals surface area contributed by atoms with Crippen molar-refractivity contribution in [1.29, 1.82) is 0 Å². The van der Waals surface area contributed by atoms with Crippen molar-refractivity contribution in [2.24, 2.45) is 0 Å². The molecule has 0 N–H and O–H groups in total. The number of hydrogen-bond donors (Lipinski definition) is 0. The van der Waals surface area contributed by atoms with Crippen LogP contribution in [0.5, 0.6) is 0 Å². The van der Waals surface area contributed by atoms with E-state index in [9.17, 15) is 13.2 Å². The van der Waals surface area contributed by atoms with Crippen LogP contribution in [-0.2, 0) is 14.6 Å². The second kappa shape index (κ2) is 6.14. The Kier molecular flexibility index (Phi) is 5.08. The molecule has 1 aromatic carbocycles. The highest BCUT2D eigenvalue weighted by Gasteiger charge is 2.16. The Morgan fingerprint density at radius 2 is 1.72 bits per heavy atom. The molecule has 0 radical (unpaired) electrons. The van der Waals surface area contributed by atoms with Crippen LogP contribution in [0.2, 0.25) is 0 Å². The lowest BCUT2D eigenvalue weighted by molar-refractivity contribution is -0.119. The van der Waals surface area contributed by atoms with Gasteiger partial charge in [0.2, 0.25) is 0 Å². The maximum atomic E-state index is 11.8. The van der Waals surface area contributed by atoms with Crippen LogP contribution in [0.25, 0.3) is 0 Å². The predicted octanol–water partition coefficient (Wildman–Crippen LogP) is 2.95. The topological polar surface area (TPSA) is 51.2 Å². The molecular weight excluding hydrogens is 248 g/mol. The largest absolute Gasteiger partial charge is 0.299 e. The van der Waals surface area contributed by atoms with E-state index in [0.717, 1.165) is 5.56 Å². The summed E-state index contributed by atoms with van der Waals surface area (Å²) in [6, 6.07) is 6.67. The molecule has 0 saturated carbocycles. The molecule has 0 aromatic heterocycles. The molecule has 0 aliphatic rings. The minimum absolute atomic E-state index is 0.162. The van der Waals surface area contributed by atoms with Gasteiger partial charge < -0.3 is 0 Å². The SMILES string of the molecule is CCCS(=O)(=O)c1ccc(C(C)C(=O)CC)cc1. The fraction of sp³-hybridized carbons (Fsp3) is 0.500. The zero-order valence-electron chi connectivity index (χ0n) is 11.1. The number of hydrogen-bond acceptors (Lipinski definition) is 3. The molecule has 0 spiro atoms. The Labute approximate surface area is 109 Å². The maximum absolute atomic E-state index is 11.8. The van der Waals surface area contributed by atoms with Gasteiger partial charge in [-0.3, -0.25) is 4.79 Å². The average Bonchev–Trinajstić information content (AvgIpc) is 2.37. The first-order chi connectivity index (χ1) is 8.42. The number of Topliss-reactive ketones (excluding diaryl/α,β-unsaturated/α-hetero) is 1. The lowest BCUT2D eigenvalue weighted by atomic mass is 9.95. The van der Waals surface area contributed by atoms with Crippen molar-refractivity contribution in [3.8, 4) is 0 Å². The first kappa shape index (κ1) is 14.9. The van der Waals surface area contributed by atoms with Crippen LogP contribution in [0.15, 0.2) is 29.2 Å². The molecule has 4 heteroatoms. The van der Waals surface area contributed by atoms with Crippen molar-refractivity contribution in [3.63, 3.8) is 0 Å². The molecule has 3 nitrogen and oxygen atoms in total. The molecule has 0 amide bonds. The van der Waals surface area contributed by atoms with Gasteiger partial charge >= 0.3 is 0 Å². The second-order valence-electron chi connectivity index (χ2n) is 4.43. The van der Waals surface area contributed by atoms with Crippen molar-refractivity contribution in [2.45, 2.75) is 44.4 Å². The molecule has 18 heavy (non-hydrogen) atoms. The fourth-order valence-corrected chi connectivity index (χ4v) is 3.17. The summed E-state index contributed by atoms with van der Waals surface area (Å²) < 4.78 is 23.7. The van der Waals surface area contributed by atoms with Crippen molar-refractivity contribution >= 4 is 15.6 Å². The lowest BCUT2D eigenvalue weighted by Gasteiger charge is -2.10. The van der Waals surface area contributed by atoms with E-state index in [-0.39, 0.29) is 17.5 Å². The Balaban J connectivity index is 2.97. The third-order valence-electron chi connectivity index (χ3n) is 3.04. The Morgan fingerprint density at radius 1 is 1.17 bits per heavy atom. The summed E-state index contributed by atoms with van der Waals surface area (Å²) in [6.45, 7) is 5.52. The second-order valence-corrected chi connectivity index (χ2v) is 6.54. The number of carbonyl (C=O) groups excluding carboxylic acids is 1. The van der Waals surface area contributed by atoms with Crippen molar-refractivity contribution in [2.75, 3.05) is 5.75 Å². The normalized spacial score (nSPS) is 13.3. The molecule has 100 valence electrons. The Hall–Kier alpha value is -1.16. The van der Waals surface area contributed by atoms with E-state index in [1.54, 1.807) is 24.3 Å². The minimum Gasteiger partial charge on any atom is -0.299 e. The van der Waals surface area contributed by atoms with E-state index < -0.39 is 9.84 Å². The average molecular weight is 268 g/mol. The highest BCUT2D eigenvalue weighted by Crippen LogP contribution is 2.20. The van der Waals surface area contributed by atoms with Gasteiger partial charge in [0.1, 0.15) is 5.78 Å². The van der Waals surface area contributed by atoms with Crippen LogP contribution in [0.1, 0.15) is 45.1 Å². The van der Waals surface area contributed by atoms with Gasteiger partial charge in [-0.25, -0.2) is 8.42 Å². The molecule has 0 fully saturated rings. The molecule has 0 heterocycles. The maximum Gasteiger partial charge on any atom is 0.178 e. The summed E-state index contributed by atoms with van der Waals surface area (Å²) in [5, 5.41) is 0. The number of benzene rings is 1. The summed E-state index contributed by atoms with van der Waals surface area (Å²) >= 11 is 0. The highest BCUT2D eigenvalue weighted by atomic mass is 32.2. The van der Waals surface area contributed by atoms with Crippen molar-refractivity contribution in [1.82, 2.24) is 0 Å². The third kappa shape index (κ3) is 3.42. The summed E-state index contributed by atoms with van der Waals surface area (Å²) in [7, 11) is -3.16. The van der Waals surface area contributed by atoms with E-state index in [1.807, 2.05) is 20.8 Å². The standard InChI is InChI=1S/C14H20O3S/c1-4-10-18(16,17)13-8-6-12(7-9-13)11(3)14(15)5-2/h6-9,11H,4-5,10H2,1-3H3. The van der Waals surface area contributed by atoms with Gasteiger partial charge in [-0.05, 0) is 24.1 Å². The van der Waals surface area contributed by atoms with Crippen LogP contribution in [0.3, 0.4) is 0 Å². The molecule has 1 atom stereocenters.